The minimum Gasteiger partial charge on any atom is -0.433 e. The van der Waals surface area contributed by atoms with Gasteiger partial charge in [-0.3, -0.25) is 0 Å². The summed E-state index contributed by atoms with van der Waals surface area (Å²) >= 11 is 7.28. The van der Waals surface area contributed by atoms with Gasteiger partial charge in [0.05, 0.1) is 5.69 Å². The molecular formula is C19H24ClF2N3O2S2. The van der Waals surface area contributed by atoms with Crippen LogP contribution in [-0.2, 0) is 4.74 Å². The van der Waals surface area contributed by atoms with Crippen molar-refractivity contribution in [3.63, 3.8) is 0 Å². The van der Waals surface area contributed by atoms with Crippen molar-refractivity contribution in [2.75, 3.05) is 6.26 Å². The number of benzene rings is 1. The smallest absolute Gasteiger partial charge is 0.411 e. The van der Waals surface area contributed by atoms with Crippen molar-refractivity contribution in [2.45, 2.75) is 57.8 Å². The zero-order valence-corrected chi connectivity index (χ0v) is 19.5. The van der Waals surface area contributed by atoms with Gasteiger partial charge in [0, 0.05) is 22.7 Å². The highest BCUT2D eigenvalue weighted by Gasteiger charge is 2.31. The topological polar surface area (TPSA) is 47.4 Å². The first kappa shape index (κ1) is 23.8. The van der Waals surface area contributed by atoms with E-state index in [2.05, 4.69) is 4.98 Å². The van der Waals surface area contributed by atoms with Gasteiger partial charge in [-0.15, -0.1) is 15.6 Å². The van der Waals surface area contributed by atoms with Gasteiger partial charge in [0.2, 0.25) is 0 Å². The van der Waals surface area contributed by atoms with E-state index < -0.39 is 18.0 Å². The van der Waals surface area contributed by atoms with Crippen LogP contribution in [0.3, 0.4) is 0 Å². The standard InChI is InChI=1S/C19H24ClF2N3O2S2/c1-10(2)24(11(3)4)19(26)27-16(13-7-14(20)9-15(21)8-13)17-23-12(5)18(28-6)25(17)29-22/h7-11,16H,1-6H3. The molecule has 2 aromatic rings. The van der Waals surface area contributed by atoms with Crippen LogP contribution in [0.2, 0.25) is 5.02 Å². The third-order valence-corrected chi connectivity index (χ3v) is 5.92. The van der Waals surface area contributed by atoms with Gasteiger partial charge < -0.3 is 9.64 Å². The summed E-state index contributed by atoms with van der Waals surface area (Å²) in [6.07, 6.45) is 0.0422. The Kier molecular flexibility index (Phi) is 8.25. The van der Waals surface area contributed by atoms with E-state index in [1.807, 2.05) is 27.7 Å². The van der Waals surface area contributed by atoms with Gasteiger partial charge in [0.25, 0.3) is 0 Å². The molecule has 1 heterocycles. The minimum atomic E-state index is -1.14. The van der Waals surface area contributed by atoms with E-state index in [4.69, 9.17) is 16.3 Å². The molecule has 10 heteroatoms. The maximum atomic E-state index is 14.0. The Morgan fingerprint density at radius 2 is 1.86 bits per heavy atom. The number of halogens is 3. The number of ether oxygens (including phenoxy) is 1. The summed E-state index contributed by atoms with van der Waals surface area (Å²) in [6, 6.07) is 3.58. The van der Waals surface area contributed by atoms with Crippen LogP contribution < -0.4 is 0 Å². The lowest BCUT2D eigenvalue weighted by Crippen LogP contribution is -2.43. The summed E-state index contributed by atoms with van der Waals surface area (Å²) in [4.78, 5) is 18.9. The summed E-state index contributed by atoms with van der Waals surface area (Å²) in [5, 5.41) is 0.707. The second-order valence-corrected chi connectivity index (χ2v) is 8.72. The minimum absolute atomic E-state index is 0.0514. The van der Waals surface area contributed by atoms with E-state index in [0.29, 0.717) is 10.7 Å². The maximum Gasteiger partial charge on any atom is 0.411 e. The summed E-state index contributed by atoms with van der Waals surface area (Å²) in [5.74, 6) is -0.451. The lowest BCUT2D eigenvalue weighted by atomic mass is 10.1. The van der Waals surface area contributed by atoms with Gasteiger partial charge in [-0.25, -0.2) is 18.1 Å². The molecule has 5 nitrogen and oxygen atoms in total. The number of imidazole rings is 1. The van der Waals surface area contributed by atoms with Crippen molar-refractivity contribution in [1.82, 2.24) is 13.9 Å². The molecule has 0 saturated heterocycles. The summed E-state index contributed by atoms with van der Waals surface area (Å²) in [6.45, 7) is 9.19. The monoisotopic (exact) mass is 463 g/mol. The molecule has 0 aliphatic carbocycles. The Hall–Kier alpha value is -1.45. The number of hydrogen-bond donors (Lipinski definition) is 0. The highest BCUT2D eigenvalue weighted by molar-refractivity contribution is 7.99. The van der Waals surface area contributed by atoms with E-state index in [9.17, 15) is 13.1 Å². The predicted octanol–water partition coefficient (Wildman–Crippen LogP) is 6.43. The van der Waals surface area contributed by atoms with Crippen LogP contribution in [0, 0.1) is 12.7 Å². The Morgan fingerprint density at radius 1 is 1.24 bits per heavy atom. The Morgan fingerprint density at radius 3 is 2.34 bits per heavy atom. The molecule has 1 amide bonds. The number of aryl methyl sites for hydroxylation is 1. The summed E-state index contributed by atoms with van der Waals surface area (Å²) < 4.78 is 34.9. The van der Waals surface area contributed by atoms with Crippen molar-refractivity contribution < 1.29 is 17.8 Å². The summed E-state index contributed by atoms with van der Waals surface area (Å²) in [7, 11) is 0. The lowest BCUT2D eigenvalue weighted by Gasteiger charge is -2.31. The molecule has 1 unspecified atom stereocenters. The number of nitrogens with zero attached hydrogens (tertiary/aromatic N) is 3. The molecule has 1 aromatic carbocycles. The fourth-order valence-corrected chi connectivity index (χ4v) is 4.70. The molecule has 0 radical (unpaired) electrons. The zero-order chi connectivity index (χ0) is 21.9. The van der Waals surface area contributed by atoms with E-state index in [1.165, 1.54) is 27.9 Å². The molecule has 0 spiro atoms. The number of carbonyl (C=O) groups is 1. The molecule has 0 bridgehead atoms. The van der Waals surface area contributed by atoms with Crippen LogP contribution in [0.15, 0.2) is 23.2 Å². The fraction of sp³-hybridized carbons (Fsp3) is 0.474. The van der Waals surface area contributed by atoms with Crippen LogP contribution in [0.1, 0.15) is 50.9 Å². The van der Waals surface area contributed by atoms with Crippen LogP contribution >= 0.6 is 35.7 Å². The molecular weight excluding hydrogens is 440 g/mol. The zero-order valence-electron chi connectivity index (χ0n) is 17.1. The number of rotatable bonds is 7. The van der Waals surface area contributed by atoms with Crippen molar-refractivity contribution >= 4 is 41.8 Å². The first-order valence-corrected chi connectivity index (χ1v) is 11.3. The molecule has 0 aliphatic heterocycles. The Balaban J connectivity index is 2.60. The molecule has 2 rings (SSSR count). The van der Waals surface area contributed by atoms with Crippen molar-refractivity contribution in [3.8, 4) is 0 Å². The largest absolute Gasteiger partial charge is 0.433 e. The highest BCUT2D eigenvalue weighted by Crippen LogP contribution is 2.36. The third-order valence-electron chi connectivity index (χ3n) is 4.21. The number of hydrogen-bond acceptors (Lipinski definition) is 5. The average molecular weight is 464 g/mol. The molecule has 0 fully saturated rings. The fourth-order valence-electron chi connectivity index (χ4n) is 3.15. The van der Waals surface area contributed by atoms with Crippen LogP contribution in [-0.4, -0.2) is 38.3 Å². The Labute approximate surface area is 183 Å². The number of amides is 1. The molecule has 1 aromatic heterocycles. The van der Waals surface area contributed by atoms with Gasteiger partial charge >= 0.3 is 6.09 Å². The number of aromatic nitrogens is 2. The molecule has 1 atom stereocenters. The van der Waals surface area contributed by atoms with E-state index in [1.54, 1.807) is 18.1 Å². The van der Waals surface area contributed by atoms with E-state index in [0.717, 1.165) is 6.07 Å². The van der Waals surface area contributed by atoms with E-state index in [-0.39, 0.29) is 40.8 Å². The molecule has 0 saturated carbocycles. The molecule has 0 N–H and O–H groups in total. The van der Waals surface area contributed by atoms with Crippen molar-refractivity contribution in [3.05, 3.63) is 46.1 Å². The van der Waals surface area contributed by atoms with Crippen LogP contribution in [0.4, 0.5) is 13.1 Å². The first-order valence-electron chi connectivity index (χ1n) is 8.97. The van der Waals surface area contributed by atoms with Gasteiger partial charge in [-0.05, 0) is 59.1 Å². The van der Waals surface area contributed by atoms with Crippen molar-refractivity contribution in [2.24, 2.45) is 0 Å². The van der Waals surface area contributed by atoms with Gasteiger partial charge in [-0.1, -0.05) is 11.6 Å². The van der Waals surface area contributed by atoms with Gasteiger partial charge in [-0.2, -0.15) is 0 Å². The SMILES string of the molecule is CSc1c(C)nc(C(OC(=O)N(C(C)C)C(C)C)c2cc(F)cc(Cl)c2)n1SF. The van der Waals surface area contributed by atoms with Crippen molar-refractivity contribution in [1.29, 1.82) is 0 Å². The predicted molar refractivity (Wildman–Crippen MR) is 115 cm³/mol. The summed E-state index contributed by atoms with van der Waals surface area (Å²) in [5.41, 5.74) is 0.842. The molecule has 0 aliphatic rings. The number of carbonyl (C=O) groups excluding carboxylic acids is 1. The normalized spacial score (nSPS) is 12.5. The van der Waals surface area contributed by atoms with Gasteiger partial charge in [0.15, 0.2) is 24.3 Å². The Bertz CT molecular complexity index is 849. The lowest BCUT2D eigenvalue weighted by molar-refractivity contribution is 0.0548. The molecule has 160 valence electrons. The second kappa shape index (κ2) is 10.0. The highest BCUT2D eigenvalue weighted by atomic mass is 35.5. The quantitative estimate of drug-likeness (QED) is 0.442. The van der Waals surface area contributed by atoms with Gasteiger partial charge in [0.1, 0.15) is 10.8 Å². The maximum absolute atomic E-state index is 14.0. The van der Waals surface area contributed by atoms with Crippen LogP contribution in [0.25, 0.3) is 0 Å². The molecule has 29 heavy (non-hydrogen) atoms. The first-order chi connectivity index (χ1) is 13.6. The van der Waals surface area contributed by atoms with E-state index >= 15 is 0 Å². The number of thioether (sulfide) groups is 1. The second-order valence-electron chi connectivity index (χ2n) is 6.99. The average Bonchev–Trinajstić information content (AvgIpc) is 2.93. The van der Waals surface area contributed by atoms with Crippen LogP contribution in [0.5, 0.6) is 0 Å². The third kappa shape index (κ3) is 5.38.